The summed E-state index contributed by atoms with van der Waals surface area (Å²) in [5.41, 5.74) is 3.77. The van der Waals surface area contributed by atoms with Gasteiger partial charge in [0.25, 0.3) is 0 Å². The van der Waals surface area contributed by atoms with Gasteiger partial charge in [0.1, 0.15) is 12.2 Å². The minimum absolute atomic E-state index is 0.0805. The maximum atomic E-state index is 12.9. The summed E-state index contributed by atoms with van der Waals surface area (Å²) in [7, 11) is 1.28. The van der Waals surface area contributed by atoms with Crippen LogP contribution in [0, 0.1) is 0 Å². The van der Waals surface area contributed by atoms with Gasteiger partial charge in [-0.1, -0.05) is 24.4 Å². The van der Waals surface area contributed by atoms with Crippen molar-refractivity contribution in [1.29, 1.82) is 0 Å². The molecule has 0 unspecified atom stereocenters. The van der Waals surface area contributed by atoms with E-state index in [4.69, 9.17) is 11.6 Å². The molecule has 0 spiro atoms. The Morgan fingerprint density at radius 1 is 1.19 bits per heavy atom. The number of ether oxygens (including phenoxy) is 1. The van der Waals surface area contributed by atoms with Gasteiger partial charge < -0.3 is 20.4 Å². The number of anilines is 2. The van der Waals surface area contributed by atoms with Gasteiger partial charge in [0.15, 0.2) is 5.78 Å². The molecular weight excluding hydrogens is 574 g/mol. The van der Waals surface area contributed by atoms with Crippen molar-refractivity contribution >= 4 is 46.8 Å². The lowest BCUT2D eigenvalue weighted by atomic mass is 10.1. The van der Waals surface area contributed by atoms with Gasteiger partial charge in [0.05, 0.1) is 43.0 Å². The van der Waals surface area contributed by atoms with E-state index < -0.39 is 6.09 Å². The summed E-state index contributed by atoms with van der Waals surface area (Å²) >= 11 is 6.19. The van der Waals surface area contributed by atoms with Crippen molar-refractivity contribution in [3.05, 3.63) is 71.4 Å². The summed E-state index contributed by atoms with van der Waals surface area (Å²) in [5, 5.41) is 20.7. The van der Waals surface area contributed by atoms with Crippen molar-refractivity contribution in [1.82, 2.24) is 35.5 Å². The first-order chi connectivity index (χ1) is 20.9. The van der Waals surface area contributed by atoms with Crippen LogP contribution >= 0.6 is 11.6 Å². The van der Waals surface area contributed by atoms with E-state index in [1.54, 1.807) is 48.7 Å². The number of aromatic amines is 1. The topological polar surface area (TPSA) is 169 Å². The highest BCUT2D eigenvalue weighted by molar-refractivity contribution is 6.30. The van der Waals surface area contributed by atoms with Gasteiger partial charge in [0, 0.05) is 28.3 Å². The van der Waals surface area contributed by atoms with Crippen LogP contribution in [-0.4, -0.2) is 61.6 Å². The molecule has 4 N–H and O–H groups in total. The van der Waals surface area contributed by atoms with Crippen LogP contribution in [0.25, 0.3) is 23.0 Å². The van der Waals surface area contributed by atoms with Crippen LogP contribution in [0.2, 0.25) is 5.02 Å². The van der Waals surface area contributed by atoms with E-state index in [0.717, 1.165) is 19.3 Å². The van der Waals surface area contributed by atoms with E-state index in [2.05, 4.69) is 46.2 Å². The fourth-order valence-corrected chi connectivity index (χ4v) is 4.92. The van der Waals surface area contributed by atoms with E-state index in [0.29, 0.717) is 57.6 Å². The molecule has 0 saturated heterocycles. The Balaban J connectivity index is 1.33. The number of carbonyl (C=O) groups is 3. The fraction of sp³-hybridized carbons (Fsp3) is 0.276. The number of tetrazole rings is 1. The van der Waals surface area contributed by atoms with Crippen molar-refractivity contribution in [3.63, 3.8) is 0 Å². The highest BCUT2D eigenvalue weighted by atomic mass is 35.5. The Bertz CT molecular complexity index is 1630. The predicted molar refractivity (Wildman–Crippen MR) is 161 cm³/mol. The molecular formula is C29H30ClN9O4. The maximum absolute atomic E-state index is 12.9. The molecule has 1 atom stereocenters. The normalized spacial score (nSPS) is 15.5. The van der Waals surface area contributed by atoms with E-state index in [-0.39, 0.29) is 24.3 Å². The van der Waals surface area contributed by atoms with Crippen molar-refractivity contribution in [2.45, 2.75) is 38.1 Å². The van der Waals surface area contributed by atoms with Crippen molar-refractivity contribution in [2.75, 3.05) is 24.3 Å². The van der Waals surface area contributed by atoms with Gasteiger partial charge >= 0.3 is 6.09 Å². The third-order valence-electron chi connectivity index (χ3n) is 6.89. The second kappa shape index (κ2) is 13.9. The number of imidazole rings is 1. The molecule has 0 fully saturated rings. The van der Waals surface area contributed by atoms with Gasteiger partial charge in [-0.15, -0.1) is 5.10 Å². The van der Waals surface area contributed by atoms with Crippen LogP contribution < -0.4 is 16.0 Å². The molecule has 14 heteroatoms. The molecule has 3 heterocycles. The highest BCUT2D eigenvalue weighted by Crippen LogP contribution is 2.32. The first kappa shape index (κ1) is 29.6. The Labute approximate surface area is 252 Å². The average molecular weight is 604 g/mol. The molecule has 2 bridgehead atoms. The molecule has 5 rings (SSSR count). The number of halogens is 1. The number of carbonyl (C=O) groups excluding carboxylic acids is 3. The Hall–Kier alpha value is -4.88. The zero-order chi connectivity index (χ0) is 30.2. The summed E-state index contributed by atoms with van der Waals surface area (Å²) in [6.07, 6.45) is 9.18. The largest absolute Gasteiger partial charge is 0.453 e. The summed E-state index contributed by atoms with van der Waals surface area (Å²) in [5.74, 6) is 0.421. The number of methoxy groups -OCH3 is 1. The summed E-state index contributed by atoms with van der Waals surface area (Å²) in [6.45, 7) is 0.0805. The molecule has 1 aliphatic heterocycles. The first-order valence-corrected chi connectivity index (χ1v) is 14.1. The SMILES string of the molecule is COC(=O)Nc1ccc2c(c1)NC(=O)CCCCC[C@H](NCC(=O)/C=C/c1cc(Cl)ccc1-n1cnnn1)c1ncc-2[nH]1. The minimum atomic E-state index is -0.612. The van der Waals surface area contributed by atoms with Crippen LogP contribution in [0.1, 0.15) is 49.5 Å². The number of hydrogen-bond donors (Lipinski definition) is 4. The zero-order valence-corrected chi connectivity index (χ0v) is 24.1. The van der Waals surface area contributed by atoms with Crippen LogP contribution in [0.5, 0.6) is 0 Å². The van der Waals surface area contributed by atoms with Gasteiger partial charge in [-0.25, -0.2) is 9.78 Å². The Morgan fingerprint density at radius 2 is 2.07 bits per heavy atom. The smallest absolute Gasteiger partial charge is 0.411 e. The summed E-state index contributed by atoms with van der Waals surface area (Å²) in [6, 6.07) is 10.2. The number of ketones is 1. The van der Waals surface area contributed by atoms with E-state index in [9.17, 15) is 14.4 Å². The lowest BCUT2D eigenvalue weighted by Crippen LogP contribution is -2.27. The number of rotatable bonds is 7. The highest BCUT2D eigenvalue weighted by Gasteiger charge is 2.19. The summed E-state index contributed by atoms with van der Waals surface area (Å²) in [4.78, 5) is 45.3. The Kier molecular flexibility index (Phi) is 9.54. The average Bonchev–Trinajstić information content (AvgIpc) is 3.71. The molecule has 0 saturated carbocycles. The predicted octanol–water partition coefficient (Wildman–Crippen LogP) is 4.70. The van der Waals surface area contributed by atoms with Crippen LogP contribution in [0.3, 0.4) is 0 Å². The third kappa shape index (κ3) is 7.70. The number of amides is 2. The molecule has 2 amide bonds. The van der Waals surface area contributed by atoms with Crippen LogP contribution in [0.15, 0.2) is 55.0 Å². The molecule has 2 aromatic heterocycles. The zero-order valence-electron chi connectivity index (χ0n) is 23.3. The molecule has 2 aromatic carbocycles. The lowest BCUT2D eigenvalue weighted by molar-refractivity contribution is -0.116. The number of nitrogens with one attached hydrogen (secondary N) is 4. The van der Waals surface area contributed by atoms with E-state index in [1.807, 2.05) is 0 Å². The molecule has 4 aromatic rings. The molecule has 13 nitrogen and oxygen atoms in total. The van der Waals surface area contributed by atoms with Gasteiger partial charge in [0.2, 0.25) is 5.91 Å². The molecule has 43 heavy (non-hydrogen) atoms. The number of aromatic nitrogens is 6. The molecule has 1 aliphatic rings. The van der Waals surface area contributed by atoms with Crippen LogP contribution in [-0.2, 0) is 14.3 Å². The molecule has 222 valence electrons. The molecule has 0 radical (unpaired) electrons. The maximum Gasteiger partial charge on any atom is 0.411 e. The minimum Gasteiger partial charge on any atom is -0.453 e. The van der Waals surface area contributed by atoms with Gasteiger partial charge in [-0.05, 0) is 71.8 Å². The lowest BCUT2D eigenvalue weighted by Gasteiger charge is -2.16. The van der Waals surface area contributed by atoms with Gasteiger partial charge in [-0.3, -0.25) is 14.9 Å². The second-order valence-corrected chi connectivity index (χ2v) is 10.3. The summed E-state index contributed by atoms with van der Waals surface area (Å²) < 4.78 is 6.18. The molecule has 0 aliphatic carbocycles. The van der Waals surface area contributed by atoms with Crippen molar-refractivity contribution in [2.24, 2.45) is 0 Å². The van der Waals surface area contributed by atoms with Crippen LogP contribution in [0.4, 0.5) is 16.2 Å². The number of benzene rings is 2. The first-order valence-electron chi connectivity index (χ1n) is 13.7. The number of H-pyrrole nitrogens is 1. The van der Waals surface area contributed by atoms with Crippen molar-refractivity contribution in [3.8, 4) is 16.9 Å². The van der Waals surface area contributed by atoms with E-state index in [1.165, 1.54) is 24.2 Å². The van der Waals surface area contributed by atoms with Crippen molar-refractivity contribution < 1.29 is 19.1 Å². The van der Waals surface area contributed by atoms with Gasteiger partial charge in [-0.2, -0.15) is 4.68 Å². The second-order valence-electron chi connectivity index (χ2n) is 9.90. The number of hydrogen-bond acceptors (Lipinski definition) is 9. The number of nitrogens with zero attached hydrogens (tertiary/aromatic N) is 5. The monoisotopic (exact) mass is 603 g/mol. The quantitative estimate of drug-likeness (QED) is 0.219. The Morgan fingerprint density at radius 3 is 2.88 bits per heavy atom. The fourth-order valence-electron chi connectivity index (χ4n) is 4.74. The standard InChI is InChI=1S/C29H30ClN9O4/c1-43-29(42)34-20-9-11-22-24(14-20)35-27(41)6-4-2-3-5-23(28-32-16-25(22)36-28)31-15-21(40)10-7-18-13-19(30)8-12-26(18)39-17-33-37-38-39/h7-14,16-17,23,31H,2-6,15H2,1H3,(H,32,36)(H,34,42)(H,35,41)/b10-7+/t23-/m0/s1. The number of fused-ring (bicyclic) bond motifs is 4. The third-order valence-corrected chi connectivity index (χ3v) is 7.13. The van der Waals surface area contributed by atoms with E-state index >= 15 is 0 Å².